The highest BCUT2D eigenvalue weighted by Crippen LogP contribution is 2.27. The second-order valence-corrected chi connectivity index (χ2v) is 3.18. The normalized spacial score (nSPS) is 12.2. The van der Waals surface area contributed by atoms with Gasteiger partial charge in [0.25, 0.3) is 6.43 Å². The van der Waals surface area contributed by atoms with Crippen molar-refractivity contribution in [2.45, 2.75) is 25.9 Å². The first-order valence-corrected chi connectivity index (χ1v) is 3.74. The summed E-state index contributed by atoms with van der Waals surface area (Å²) in [6.07, 6.45) is -0.449. The predicted octanol–water partition coefficient (Wildman–Crippen LogP) is 1.64. The van der Waals surface area contributed by atoms with E-state index in [4.69, 9.17) is 0 Å². The third-order valence-corrected chi connectivity index (χ3v) is 1.61. The molecule has 0 aromatic carbocycles. The van der Waals surface area contributed by atoms with Gasteiger partial charge in [-0.2, -0.15) is 0 Å². The van der Waals surface area contributed by atoms with Gasteiger partial charge in [0.1, 0.15) is 12.0 Å². The van der Waals surface area contributed by atoms with E-state index in [2.05, 4.69) is 9.97 Å². The SMILES string of the molecule is CC(C)(O)c1cncnc1C(F)F. The van der Waals surface area contributed by atoms with Crippen molar-refractivity contribution >= 4 is 0 Å². The van der Waals surface area contributed by atoms with E-state index in [0.29, 0.717) is 0 Å². The number of halogens is 2. The molecule has 1 aromatic rings. The smallest absolute Gasteiger partial charge is 0.280 e. The Hall–Kier alpha value is -1.10. The minimum Gasteiger partial charge on any atom is -0.386 e. The number of alkyl halides is 2. The van der Waals surface area contributed by atoms with Gasteiger partial charge in [-0.25, -0.2) is 18.7 Å². The fraction of sp³-hybridized carbons (Fsp3) is 0.500. The largest absolute Gasteiger partial charge is 0.386 e. The summed E-state index contributed by atoms with van der Waals surface area (Å²) < 4.78 is 24.7. The van der Waals surface area contributed by atoms with Crippen LogP contribution in [0.4, 0.5) is 8.78 Å². The topological polar surface area (TPSA) is 46.0 Å². The number of aromatic nitrogens is 2. The van der Waals surface area contributed by atoms with E-state index >= 15 is 0 Å². The van der Waals surface area contributed by atoms with Gasteiger partial charge in [0, 0.05) is 11.8 Å². The molecule has 0 atom stereocenters. The fourth-order valence-corrected chi connectivity index (χ4v) is 0.984. The maximum Gasteiger partial charge on any atom is 0.280 e. The summed E-state index contributed by atoms with van der Waals surface area (Å²) in [7, 11) is 0. The lowest BCUT2D eigenvalue weighted by Crippen LogP contribution is -2.19. The zero-order valence-corrected chi connectivity index (χ0v) is 7.33. The highest BCUT2D eigenvalue weighted by molar-refractivity contribution is 5.22. The van der Waals surface area contributed by atoms with E-state index < -0.39 is 17.7 Å². The van der Waals surface area contributed by atoms with E-state index in [0.717, 1.165) is 6.33 Å². The summed E-state index contributed by atoms with van der Waals surface area (Å²) in [6.45, 7) is 2.83. The highest BCUT2D eigenvalue weighted by atomic mass is 19.3. The molecule has 72 valence electrons. The number of rotatable bonds is 2. The van der Waals surface area contributed by atoms with E-state index in [1.54, 1.807) is 0 Å². The van der Waals surface area contributed by atoms with Crippen molar-refractivity contribution in [1.82, 2.24) is 9.97 Å². The molecule has 0 saturated heterocycles. The van der Waals surface area contributed by atoms with Crippen LogP contribution < -0.4 is 0 Å². The van der Waals surface area contributed by atoms with Crippen LogP contribution in [0.15, 0.2) is 12.5 Å². The molecule has 1 rings (SSSR count). The van der Waals surface area contributed by atoms with Crippen molar-refractivity contribution < 1.29 is 13.9 Å². The van der Waals surface area contributed by atoms with Crippen LogP contribution in [0.5, 0.6) is 0 Å². The fourth-order valence-electron chi connectivity index (χ4n) is 0.984. The average Bonchev–Trinajstić information content (AvgIpc) is 2.03. The molecule has 0 aliphatic rings. The third-order valence-electron chi connectivity index (χ3n) is 1.61. The second-order valence-electron chi connectivity index (χ2n) is 3.18. The van der Waals surface area contributed by atoms with E-state index in [1.165, 1.54) is 20.0 Å². The molecular weight excluding hydrogens is 178 g/mol. The molecule has 0 fully saturated rings. The lowest BCUT2D eigenvalue weighted by atomic mass is 9.98. The summed E-state index contributed by atoms with van der Waals surface area (Å²) in [5.74, 6) is 0. The molecule has 3 nitrogen and oxygen atoms in total. The molecular formula is C8H10F2N2O. The lowest BCUT2D eigenvalue weighted by Gasteiger charge is -2.19. The Balaban J connectivity index is 3.20. The predicted molar refractivity (Wildman–Crippen MR) is 42.2 cm³/mol. The van der Waals surface area contributed by atoms with E-state index in [9.17, 15) is 13.9 Å². The average molecular weight is 188 g/mol. The third kappa shape index (κ3) is 2.18. The molecule has 13 heavy (non-hydrogen) atoms. The van der Waals surface area contributed by atoms with Gasteiger partial charge < -0.3 is 5.11 Å². The number of hydrogen-bond donors (Lipinski definition) is 1. The minimum atomic E-state index is -2.69. The Bertz CT molecular complexity index is 296. The van der Waals surface area contributed by atoms with Crippen molar-refractivity contribution in [2.75, 3.05) is 0 Å². The molecule has 0 aliphatic heterocycles. The Morgan fingerprint density at radius 1 is 1.46 bits per heavy atom. The first kappa shape index (κ1) is 9.98. The number of aliphatic hydroxyl groups is 1. The van der Waals surface area contributed by atoms with Gasteiger partial charge in [-0.1, -0.05) is 0 Å². The number of hydrogen-bond acceptors (Lipinski definition) is 3. The molecule has 1 aromatic heterocycles. The molecule has 0 saturated carbocycles. The van der Waals surface area contributed by atoms with Gasteiger partial charge in [-0.05, 0) is 13.8 Å². The van der Waals surface area contributed by atoms with E-state index in [-0.39, 0.29) is 5.56 Å². The highest BCUT2D eigenvalue weighted by Gasteiger charge is 2.25. The molecule has 1 N–H and O–H groups in total. The van der Waals surface area contributed by atoms with Crippen LogP contribution in [0, 0.1) is 0 Å². The molecule has 5 heteroatoms. The molecule has 0 aliphatic carbocycles. The molecule has 0 unspecified atom stereocenters. The van der Waals surface area contributed by atoms with Crippen LogP contribution in [0.1, 0.15) is 31.5 Å². The Labute approximate surface area is 74.5 Å². The molecule has 0 spiro atoms. The van der Waals surface area contributed by atoms with Crippen molar-refractivity contribution in [3.63, 3.8) is 0 Å². The Morgan fingerprint density at radius 2 is 2.08 bits per heavy atom. The summed E-state index contributed by atoms with van der Waals surface area (Å²) in [4.78, 5) is 7.01. The van der Waals surface area contributed by atoms with Crippen molar-refractivity contribution in [1.29, 1.82) is 0 Å². The lowest BCUT2D eigenvalue weighted by molar-refractivity contribution is 0.0680. The zero-order valence-electron chi connectivity index (χ0n) is 7.33. The van der Waals surface area contributed by atoms with Gasteiger partial charge in [0.05, 0.1) is 5.60 Å². The molecule has 1 heterocycles. The quantitative estimate of drug-likeness (QED) is 0.767. The van der Waals surface area contributed by atoms with Crippen LogP contribution in [0.25, 0.3) is 0 Å². The standard InChI is InChI=1S/C8H10F2N2O/c1-8(2,13)5-3-11-4-12-6(5)7(9)10/h3-4,7,13H,1-2H3. The van der Waals surface area contributed by atoms with Gasteiger partial charge in [-0.3, -0.25) is 0 Å². The van der Waals surface area contributed by atoms with Crippen LogP contribution >= 0.6 is 0 Å². The molecule has 0 bridgehead atoms. The Kier molecular flexibility index (Phi) is 2.56. The van der Waals surface area contributed by atoms with Crippen LogP contribution in [0.3, 0.4) is 0 Å². The first-order chi connectivity index (χ1) is 5.93. The summed E-state index contributed by atoms with van der Waals surface area (Å²) >= 11 is 0. The van der Waals surface area contributed by atoms with Crippen LogP contribution in [-0.2, 0) is 5.60 Å². The molecule has 0 radical (unpaired) electrons. The second kappa shape index (κ2) is 3.33. The van der Waals surface area contributed by atoms with Gasteiger partial charge in [0.15, 0.2) is 0 Å². The van der Waals surface area contributed by atoms with Crippen LogP contribution in [-0.4, -0.2) is 15.1 Å². The number of nitrogens with zero attached hydrogens (tertiary/aromatic N) is 2. The molecule has 0 amide bonds. The first-order valence-electron chi connectivity index (χ1n) is 3.74. The maximum absolute atomic E-state index is 12.4. The van der Waals surface area contributed by atoms with Gasteiger partial charge >= 0.3 is 0 Å². The summed E-state index contributed by atoms with van der Waals surface area (Å²) in [5.41, 5.74) is -1.69. The maximum atomic E-state index is 12.4. The van der Waals surface area contributed by atoms with Crippen molar-refractivity contribution in [3.8, 4) is 0 Å². The zero-order chi connectivity index (χ0) is 10.1. The summed E-state index contributed by atoms with van der Waals surface area (Å²) in [6, 6.07) is 0. The van der Waals surface area contributed by atoms with Crippen molar-refractivity contribution in [3.05, 3.63) is 23.8 Å². The van der Waals surface area contributed by atoms with Crippen LogP contribution in [0.2, 0.25) is 0 Å². The summed E-state index contributed by atoms with van der Waals surface area (Å²) in [5, 5.41) is 9.51. The van der Waals surface area contributed by atoms with Gasteiger partial charge in [-0.15, -0.1) is 0 Å². The van der Waals surface area contributed by atoms with E-state index in [1.807, 2.05) is 0 Å². The Morgan fingerprint density at radius 3 is 2.46 bits per heavy atom. The monoisotopic (exact) mass is 188 g/mol. The van der Waals surface area contributed by atoms with Gasteiger partial charge in [0.2, 0.25) is 0 Å². The minimum absolute atomic E-state index is 0.0602. The van der Waals surface area contributed by atoms with Crippen molar-refractivity contribution in [2.24, 2.45) is 0 Å².